The Labute approximate surface area is 155 Å². The maximum Gasteiger partial charge on any atom is 0.164 e. The lowest BCUT2D eigenvalue weighted by Gasteiger charge is -2.34. The van der Waals surface area contributed by atoms with E-state index in [9.17, 15) is 4.79 Å². The quantitative estimate of drug-likeness (QED) is 0.750. The second-order valence-electron chi connectivity index (χ2n) is 7.20. The molecule has 0 atom stereocenters. The monoisotopic (exact) mass is 350 g/mol. The highest BCUT2D eigenvalue weighted by Gasteiger charge is 2.19. The number of carbonyl (C=O) groups is 1. The van der Waals surface area contributed by atoms with E-state index >= 15 is 0 Å². The molecule has 0 saturated carbocycles. The van der Waals surface area contributed by atoms with Crippen LogP contribution in [-0.2, 0) is 13.0 Å². The molecule has 0 spiro atoms. The van der Waals surface area contributed by atoms with Crippen molar-refractivity contribution in [3.63, 3.8) is 0 Å². The lowest BCUT2D eigenvalue weighted by Crippen LogP contribution is -2.46. The van der Waals surface area contributed by atoms with Crippen LogP contribution < -0.4 is 4.74 Å². The van der Waals surface area contributed by atoms with Crippen molar-refractivity contribution >= 4 is 5.78 Å². The first-order valence-corrected chi connectivity index (χ1v) is 9.55. The summed E-state index contributed by atoms with van der Waals surface area (Å²) in [5, 5.41) is 0. The average molecular weight is 350 g/mol. The van der Waals surface area contributed by atoms with Crippen molar-refractivity contribution in [3.05, 3.63) is 65.2 Å². The van der Waals surface area contributed by atoms with Crippen LogP contribution in [0.2, 0.25) is 0 Å². The summed E-state index contributed by atoms with van der Waals surface area (Å²) in [4.78, 5) is 17.4. The molecular weight excluding hydrogens is 324 g/mol. The van der Waals surface area contributed by atoms with Gasteiger partial charge in [-0.1, -0.05) is 30.3 Å². The maximum atomic E-state index is 12.5. The minimum atomic E-state index is 0.242. The van der Waals surface area contributed by atoms with Gasteiger partial charge in [0.1, 0.15) is 5.75 Å². The van der Waals surface area contributed by atoms with Crippen molar-refractivity contribution < 1.29 is 9.53 Å². The predicted octanol–water partition coefficient (Wildman–Crippen LogP) is 3.01. The van der Waals surface area contributed by atoms with Gasteiger partial charge in [-0.3, -0.25) is 9.69 Å². The van der Waals surface area contributed by atoms with E-state index in [4.69, 9.17) is 4.74 Å². The largest absolute Gasteiger partial charge is 0.493 e. The Hall–Kier alpha value is -2.17. The normalized spacial score (nSPS) is 17.7. The number of rotatable bonds is 6. The first-order valence-electron chi connectivity index (χ1n) is 9.55. The molecule has 2 aromatic carbocycles. The number of nitrogens with zero attached hydrogens (tertiary/aromatic N) is 2. The standard InChI is InChI=1S/C22H26N2O2/c25-21(19-6-7-22-20(16-19)9-15-26-22)8-10-23-11-13-24(14-12-23)17-18-4-2-1-3-5-18/h1-7,16H,8-15,17H2. The van der Waals surface area contributed by atoms with Gasteiger partial charge in [0.05, 0.1) is 6.61 Å². The zero-order chi connectivity index (χ0) is 17.8. The Morgan fingerprint density at radius 2 is 1.73 bits per heavy atom. The number of Topliss-reactive ketones (excluding diaryl/α,β-unsaturated/α-hetero) is 1. The van der Waals surface area contributed by atoms with Gasteiger partial charge in [0.15, 0.2) is 5.78 Å². The first-order chi connectivity index (χ1) is 12.8. The number of piperazine rings is 1. The molecular formula is C22H26N2O2. The zero-order valence-corrected chi connectivity index (χ0v) is 15.2. The van der Waals surface area contributed by atoms with Gasteiger partial charge in [-0.25, -0.2) is 0 Å². The molecule has 0 unspecified atom stereocenters. The molecule has 0 radical (unpaired) electrons. The summed E-state index contributed by atoms with van der Waals surface area (Å²) in [6.45, 7) is 6.82. The van der Waals surface area contributed by atoms with E-state index in [-0.39, 0.29) is 5.78 Å². The molecule has 4 heteroatoms. The summed E-state index contributed by atoms with van der Waals surface area (Å²) in [5.41, 5.74) is 3.37. The Balaban J connectivity index is 1.23. The SMILES string of the molecule is O=C(CCN1CCN(Cc2ccccc2)CC1)c1ccc2c(c1)CCO2. The van der Waals surface area contributed by atoms with Gasteiger partial charge in [0.2, 0.25) is 0 Å². The number of ketones is 1. The highest BCUT2D eigenvalue weighted by Crippen LogP contribution is 2.26. The van der Waals surface area contributed by atoms with Crippen LogP contribution in [0.15, 0.2) is 48.5 Å². The summed E-state index contributed by atoms with van der Waals surface area (Å²) in [6.07, 6.45) is 1.51. The molecule has 0 amide bonds. The van der Waals surface area contributed by atoms with Gasteiger partial charge in [-0.2, -0.15) is 0 Å². The minimum absolute atomic E-state index is 0.242. The first kappa shape index (κ1) is 17.3. The second kappa shape index (κ2) is 8.02. The molecule has 0 aromatic heterocycles. The van der Waals surface area contributed by atoms with Crippen molar-refractivity contribution in [1.29, 1.82) is 0 Å². The van der Waals surface area contributed by atoms with Crippen molar-refractivity contribution in [2.24, 2.45) is 0 Å². The molecule has 2 aliphatic rings. The Morgan fingerprint density at radius 3 is 2.54 bits per heavy atom. The number of fused-ring (bicyclic) bond motifs is 1. The molecule has 136 valence electrons. The number of ether oxygens (including phenoxy) is 1. The van der Waals surface area contributed by atoms with Crippen molar-refractivity contribution in [2.75, 3.05) is 39.3 Å². The Kier molecular flexibility index (Phi) is 5.32. The van der Waals surface area contributed by atoms with Crippen LogP contribution in [0.25, 0.3) is 0 Å². The highest BCUT2D eigenvalue weighted by molar-refractivity contribution is 5.96. The zero-order valence-electron chi connectivity index (χ0n) is 15.2. The third-order valence-corrected chi connectivity index (χ3v) is 5.38. The topological polar surface area (TPSA) is 32.8 Å². The van der Waals surface area contributed by atoms with Crippen LogP contribution in [0.4, 0.5) is 0 Å². The third kappa shape index (κ3) is 4.14. The fourth-order valence-corrected chi connectivity index (χ4v) is 3.78. The van der Waals surface area contributed by atoms with Crippen molar-refractivity contribution in [3.8, 4) is 5.75 Å². The summed E-state index contributed by atoms with van der Waals surface area (Å²) < 4.78 is 5.52. The van der Waals surface area contributed by atoms with E-state index in [0.29, 0.717) is 6.42 Å². The van der Waals surface area contributed by atoms with E-state index in [0.717, 1.165) is 63.6 Å². The minimum Gasteiger partial charge on any atom is -0.493 e. The molecule has 2 aliphatic heterocycles. The predicted molar refractivity (Wildman–Crippen MR) is 103 cm³/mol. The van der Waals surface area contributed by atoms with Gasteiger partial charge < -0.3 is 9.64 Å². The van der Waals surface area contributed by atoms with Gasteiger partial charge in [0, 0.05) is 57.7 Å². The Morgan fingerprint density at radius 1 is 0.962 bits per heavy atom. The van der Waals surface area contributed by atoms with Crippen LogP contribution >= 0.6 is 0 Å². The van der Waals surface area contributed by atoms with Gasteiger partial charge in [0.25, 0.3) is 0 Å². The molecule has 4 rings (SSSR count). The van der Waals surface area contributed by atoms with Crippen LogP contribution in [0, 0.1) is 0 Å². The van der Waals surface area contributed by atoms with E-state index < -0.39 is 0 Å². The molecule has 1 fully saturated rings. The lowest BCUT2D eigenvalue weighted by molar-refractivity contribution is 0.0922. The van der Waals surface area contributed by atoms with Crippen LogP contribution in [-0.4, -0.2) is 54.9 Å². The smallest absolute Gasteiger partial charge is 0.164 e. The van der Waals surface area contributed by atoms with Crippen LogP contribution in [0.3, 0.4) is 0 Å². The second-order valence-corrected chi connectivity index (χ2v) is 7.20. The highest BCUT2D eigenvalue weighted by atomic mass is 16.5. The van der Waals surface area contributed by atoms with E-state index in [1.54, 1.807) is 0 Å². The maximum absolute atomic E-state index is 12.5. The van der Waals surface area contributed by atoms with Gasteiger partial charge >= 0.3 is 0 Å². The number of carbonyl (C=O) groups excluding carboxylic acids is 1. The number of hydrogen-bond acceptors (Lipinski definition) is 4. The average Bonchev–Trinajstić information content (AvgIpc) is 3.16. The molecule has 0 N–H and O–H groups in total. The number of benzene rings is 2. The number of hydrogen-bond donors (Lipinski definition) is 0. The fourth-order valence-electron chi connectivity index (χ4n) is 3.78. The molecule has 26 heavy (non-hydrogen) atoms. The summed E-state index contributed by atoms with van der Waals surface area (Å²) in [6, 6.07) is 16.5. The van der Waals surface area contributed by atoms with Gasteiger partial charge in [-0.15, -0.1) is 0 Å². The van der Waals surface area contributed by atoms with Crippen molar-refractivity contribution in [1.82, 2.24) is 9.80 Å². The van der Waals surface area contributed by atoms with Gasteiger partial charge in [-0.05, 0) is 29.3 Å². The lowest BCUT2D eigenvalue weighted by atomic mass is 10.0. The van der Waals surface area contributed by atoms with E-state index in [1.807, 2.05) is 18.2 Å². The van der Waals surface area contributed by atoms with E-state index in [2.05, 4.69) is 40.1 Å². The fraction of sp³-hybridized carbons (Fsp3) is 0.409. The van der Waals surface area contributed by atoms with Crippen LogP contribution in [0.1, 0.15) is 27.9 Å². The summed E-state index contributed by atoms with van der Waals surface area (Å²) in [7, 11) is 0. The van der Waals surface area contributed by atoms with Crippen LogP contribution in [0.5, 0.6) is 5.75 Å². The molecule has 4 nitrogen and oxygen atoms in total. The Bertz CT molecular complexity index is 752. The molecule has 0 aliphatic carbocycles. The molecule has 1 saturated heterocycles. The molecule has 0 bridgehead atoms. The summed E-state index contributed by atoms with van der Waals surface area (Å²) in [5.74, 6) is 1.18. The third-order valence-electron chi connectivity index (χ3n) is 5.38. The van der Waals surface area contributed by atoms with E-state index in [1.165, 1.54) is 11.1 Å². The van der Waals surface area contributed by atoms with Crippen molar-refractivity contribution in [2.45, 2.75) is 19.4 Å². The molecule has 2 aromatic rings. The molecule has 2 heterocycles. The summed E-state index contributed by atoms with van der Waals surface area (Å²) >= 11 is 0.